The number of fused-ring (bicyclic) bond motifs is 1. The molecule has 0 atom stereocenters. The number of ether oxygens (including phenoxy) is 1. The summed E-state index contributed by atoms with van der Waals surface area (Å²) >= 11 is 0. The first-order chi connectivity index (χ1) is 13.2. The highest BCUT2D eigenvalue weighted by molar-refractivity contribution is 5.85. The molecule has 0 unspecified atom stereocenters. The largest absolute Gasteiger partial charge is 0.477 e. The molecule has 0 saturated heterocycles. The number of halogens is 1. The lowest BCUT2D eigenvalue weighted by atomic mass is 10.1. The van der Waals surface area contributed by atoms with Crippen molar-refractivity contribution in [1.82, 2.24) is 29.7 Å². The van der Waals surface area contributed by atoms with Crippen molar-refractivity contribution in [3.8, 4) is 17.3 Å². The van der Waals surface area contributed by atoms with Crippen molar-refractivity contribution >= 4 is 11.0 Å². The van der Waals surface area contributed by atoms with E-state index in [0.29, 0.717) is 41.5 Å². The molecule has 0 fully saturated rings. The number of aryl methyl sites for hydroxylation is 1. The van der Waals surface area contributed by atoms with Gasteiger partial charge in [-0.3, -0.25) is 4.68 Å². The van der Waals surface area contributed by atoms with E-state index >= 15 is 0 Å². The molecular weight excluding hydrogens is 347 g/mol. The molecule has 0 aliphatic rings. The van der Waals surface area contributed by atoms with Crippen LogP contribution in [0.5, 0.6) is 5.88 Å². The molecule has 0 aromatic carbocycles. The second kappa shape index (κ2) is 7.14. The fourth-order valence-electron chi connectivity index (χ4n) is 3.00. The SMILES string of the molecule is CCOc1ncnc2[nH]cc(Cc3ccc(-c4ccn(CC)n4)nc3F)c12. The molecule has 0 bridgehead atoms. The van der Waals surface area contributed by atoms with Crippen LogP contribution in [0.2, 0.25) is 0 Å². The molecule has 0 amide bonds. The molecule has 4 aromatic heterocycles. The summed E-state index contributed by atoms with van der Waals surface area (Å²) in [5, 5.41) is 5.14. The highest BCUT2D eigenvalue weighted by Gasteiger charge is 2.15. The minimum atomic E-state index is -0.511. The Bertz CT molecular complexity index is 1090. The molecule has 7 nitrogen and oxygen atoms in total. The van der Waals surface area contributed by atoms with Crippen molar-refractivity contribution in [2.24, 2.45) is 0 Å². The van der Waals surface area contributed by atoms with Gasteiger partial charge in [-0.1, -0.05) is 6.07 Å². The van der Waals surface area contributed by atoms with Crippen LogP contribution in [0.1, 0.15) is 25.0 Å². The average Bonchev–Trinajstić information content (AvgIpc) is 3.31. The normalized spacial score (nSPS) is 11.2. The summed E-state index contributed by atoms with van der Waals surface area (Å²) in [4.78, 5) is 15.6. The molecule has 4 heterocycles. The lowest BCUT2D eigenvalue weighted by Gasteiger charge is -2.06. The molecule has 0 aliphatic heterocycles. The van der Waals surface area contributed by atoms with Gasteiger partial charge in [-0.2, -0.15) is 9.49 Å². The highest BCUT2D eigenvalue weighted by atomic mass is 19.1. The summed E-state index contributed by atoms with van der Waals surface area (Å²) in [5.74, 6) is -0.0171. The van der Waals surface area contributed by atoms with Gasteiger partial charge in [-0.15, -0.1) is 0 Å². The maximum absolute atomic E-state index is 14.6. The number of nitrogens with one attached hydrogen (secondary N) is 1. The molecule has 1 N–H and O–H groups in total. The van der Waals surface area contributed by atoms with Gasteiger partial charge in [0.25, 0.3) is 0 Å². The minimum absolute atomic E-state index is 0.357. The van der Waals surface area contributed by atoms with E-state index in [1.165, 1.54) is 6.33 Å². The maximum atomic E-state index is 14.6. The first-order valence-electron chi connectivity index (χ1n) is 8.82. The quantitative estimate of drug-likeness (QED) is 0.529. The fourth-order valence-corrected chi connectivity index (χ4v) is 3.00. The molecule has 0 aliphatic carbocycles. The van der Waals surface area contributed by atoms with Crippen LogP contribution in [0.4, 0.5) is 4.39 Å². The van der Waals surface area contributed by atoms with Crippen molar-refractivity contribution in [1.29, 1.82) is 0 Å². The highest BCUT2D eigenvalue weighted by Crippen LogP contribution is 2.28. The summed E-state index contributed by atoms with van der Waals surface area (Å²) < 4.78 is 22.0. The van der Waals surface area contributed by atoms with Crippen LogP contribution in [-0.4, -0.2) is 36.3 Å². The van der Waals surface area contributed by atoms with E-state index < -0.39 is 5.95 Å². The third kappa shape index (κ3) is 3.25. The minimum Gasteiger partial charge on any atom is -0.477 e. The lowest BCUT2D eigenvalue weighted by molar-refractivity contribution is 0.330. The summed E-state index contributed by atoms with van der Waals surface area (Å²) in [6, 6.07) is 5.36. The predicted molar refractivity (Wildman–Crippen MR) is 99.0 cm³/mol. The molecule has 4 aromatic rings. The number of aromatic amines is 1. The molecule has 4 rings (SSSR count). The Morgan fingerprint density at radius 1 is 1.11 bits per heavy atom. The number of pyridine rings is 1. The van der Waals surface area contributed by atoms with E-state index in [2.05, 4.69) is 25.0 Å². The standard InChI is InChI=1S/C19H19FN6O/c1-3-26-8-7-15(25-26)14-6-5-12(17(20)24-14)9-13-10-21-18-16(13)19(27-4-2)23-11-22-18/h5-8,10-11H,3-4,9H2,1-2H3,(H,21,22,23). The average molecular weight is 366 g/mol. The van der Waals surface area contributed by atoms with E-state index in [0.717, 1.165) is 17.5 Å². The summed E-state index contributed by atoms with van der Waals surface area (Å²) in [6.45, 7) is 5.13. The zero-order chi connectivity index (χ0) is 18.8. The van der Waals surface area contributed by atoms with Gasteiger partial charge >= 0.3 is 0 Å². The first kappa shape index (κ1) is 17.1. The van der Waals surface area contributed by atoms with Crippen LogP contribution in [-0.2, 0) is 13.0 Å². The number of rotatable bonds is 6. The molecule has 0 radical (unpaired) electrons. The number of hydrogen-bond acceptors (Lipinski definition) is 5. The first-order valence-corrected chi connectivity index (χ1v) is 8.82. The van der Waals surface area contributed by atoms with Gasteiger partial charge in [0.15, 0.2) is 0 Å². The van der Waals surface area contributed by atoms with Gasteiger partial charge in [0.05, 0.1) is 17.7 Å². The van der Waals surface area contributed by atoms with Gasteiger partial charge < -0.3 is 9.72 Å². The van der Waals surface area contributed by atoms with E-state index in [9.17, 15) is 4.39 Å². The molecular formula is C19H19FN6O. The maximum Gasteiger partial charge on any atom is 0.226 e. The summed E-state index contributed by atoms with van der Waals surface area (Å²) in [5.41, 5.74) is 3.18. The Hall–Kier alpha value is -3.29. The number of nitrogens with zero attached hydrogens (tertiary/aromatic N) is 5. The van der Waals surface area contributed by atoms with Crippen LogP contribution in [0, 0.1) is 5.95 Å². The van der Waals surface area contributed by atoms with Crippen LogP contribution in [0.15, 0.2) is 36.9 Å². The molecule has 27 heavy (non-hydrogen) atoms. The Morgan fingerprint density at radius 2 is 2.00 bits per heavy atom. The smallest absolute Gasteiger partial charge is 0.226 e. The van der Waals surface area contributed by atoms with E-state index in [-0.39, 0.29) is 0 Å². The van der Waals surface area contributed by atoms with Crippen LogP contribution < -0.4 is 4.74 Å². The van der Waals surface area contributed by atoms with Gasteiger partial charge in [-0.25, -0.2) is 15.0 Å². The predicted octanol–water partition coefficient (Wildman–Crippen LogP) is 3.36. The van der Waals surface area contributed by atoms with Crippen LogP contribution >= 0.6 is 0 Å². The Morgan fingerprint density at radius 3 is 2.74 bits per heavy atom. The van der Waals surface area contributed by atoms with Crippen molar-refractivity contribution in [2.45, 2.75) is 26.8 Å². The molecule has 0 saturated carbocycles. The third-order valence-corrected chi connectivity index (χ3v) is 4.33. The summed E-state index contributed by atoms with van der Waals surface area (Å²) in [7, 11) is 0. The summed E-state index contributed by atoms with van der Waals surface area (Å²) in [6.07, 6.45) is 5.46. The molecule has 8 heteroatoms. The van der Waals surface area contributed by atoms with E-state index in [1.54, 1.807) is 23.0 Å². The topological polar surface area (TPSA) is 81.5 Å². The monoisotopic (exact) mass is 366 g/mol. The molecule has 0 spiro atoms. The lowest BCUT2D eigenvalue weighted by Crippen LogP contribution is -2.00. The number of hydrogen-bond donors (Lipinski definition) is 1. The van der Waals surface area contributed by atoms with Gasteiger partial charge in [0, 0.05) is 30.9 Å². The van der Waals surface area contributed by atoms with E-state index in [1.807, 2.05) is 26.1 Å². The van der Waals surface area contributed by atoms with Gasteiger partial charge in [-0.05, 0) is 31.5 Å². The second-order valence-electron chi connectivity index (χ2n) is 6.03. The Labute approximate surface area is 155 Å². The van der Waals surface area contributed by atoms with Gasteiger partial charge in [0.2, 0.25) is 11.8 Å². The zero-order valence-corrected chi connectivity index (χ0v) is 15.1. The second-order valence-corrected chi connectivity index (χ2v) is 6.03. The molecule has 138 valence electrons. The van der Waals surface area contributed by atoms with Crippen molar-refractivity contribution in [3.05, 3.63) is 54.0 Å². The van der Waals surface area contributed by atoms with Crippen molar-refractivity contribution in [3.63, 3.8) is 0 Å². The van der Waals surface area contributed by atoms with E-state index in [4.69, 9.17) is 4.74 Å². The van der Waals surface area contributed by atoms with Gasteiger partial charge in [0.1, 0.15) is 17.7 Å². The Kier molecular flexibility index (Phi) is 4.53. The zero-order valence-electron chi connectivity index (χ0n) is 15.1. The van der Waals surface area contributed by atoms with Crippen molar-refractivity contribution < 1.29 is 9.13 Å². The third-order valence-electron chi connectivity index (χ3n) is 4.33. The fraction of sp³-hybridized carbons (Fsp3) is 0.263. The van der Waals surface area contributed by atoms with Crippen LogP contribution in [0.25, 0.3) is 22.4 Å². The van der Waals surface area contributed by atoms with Crippen LogP contribution in [0.3, 0.4) is 0 Å². The van der Waals surface area contributed by atoms with Crippen molar-refractivity contribution in [2.75, 3.05) is 6.61 Å². The number of aromatic nitrogens is 6. The number of H-pyrrole nitrogens is 1. The Balaban J connectivity index is 1.66.